The van der Waals surface area contributed by atoms with Crippen molar-refractivity contribution in [3.05, 3.63) is 33.2 Å². The molecule has 0 saturated carbocycles. The van der Waals surface area contributed by atoms with Crippen molar-refractivity contribution in [1.29, 1.82) is 5.26 Å². The van der Waals surface area contributed by atoms with Gasteiger partial charge in [0.15, 0.2) is 0 Å². The first kappa shape index (κ1) is 11.2. The predicted octanol–water partition coefficient (Wildman–Crippen LogP) is 1.02. The molecule has 0 spiro atoms. The van der Waals surface area contributed by atoms with Crippen molar-refractivity contribution < 1.29 is 0 Å². The molecule has 2 aliphatic heterocycles. The molecule has 2 aliphatic rings. The highest BCUT2D eigenvalue weighted by atomic mass is 35.5. The Morgan fingerprint density at radius 2 is 2.25 bits per heavy atom. The van der Waals surface area contributed by atoms with Crippen LogP contribution in [-0.2, 0) is 6.42 Å². The lowest BCUT2D eigenvalue weighted by Gasteiger charge is -2.24. The molecule has 0 aliphatic carbocycles. The van der Waals surface area contributed by atoms with E-state index in [-0.39, 0.29) is 23.5 Å². The summed E-state index contributed by atoms with van der Waals surface area (Å²) < 4.78 is 0. The molecule has 2 bridgehead atoms. The van der Waals surface area contributed by atoms with Crippen molar-refractivity contribution in [2.24, 2.45) is 0 Å². The van der Waals surface area contributed by atoms with Gasteiger partial charge in [-0.05, 0) is 24.5 Å². The van der Waals surface area contributed by atoms with E-state index in [1.807, 2.05) is 6.07 Å². The first-order valence-electron chi connectivity index (χ1n) is 5.20. The summed E-state index contributed by atoms with van der Waals surface area (Å²) in [5.41, 5.74) is 2.10. The summed E-state index contributed by atoms with van der Waals surface area (Å²) in [4.78, 5) is 14.3. The van der Waals surface area contributed by atoms with E-state index in [1.54, 1.807) is 6.07 Å². The van der Waals surface area contributed by atoms with Gasteiger partial charge in [-0.25, -0.2) is 0 Å². The van der Waals surface area contributed by atoms with E-state index >= 15 is 0 Å². The number of halogens is 1. The van der Waals surface area contributed by atoms with Crippen molar-refractivity contribution in [2.45, 2.75) is 31.3 Å². The van der Waals surface area contributed by atoms with Gasteiger partial charge in [0.1, 0.15) is 11.6 Å². The minimum atomic E-state index is -0.252. The molecule has 0 amide bonds. The average Bonchev–Trinajstić information content (AvgIpc) is 2.61. The van der Waals surface area contributed by atoms with Crippen LogP contribution in [-0.4, -0.2) is 11.0 Å². The fourth-order valence-electron chi connectivity index (χ4n) is 2.62. The summed E-state index contributed by atoms with van der Waals surface area (Å²) in [6, 6.07) is 4.52. The molecule has 0 aromatic carbocycles. The molecule has 5 heteroatoms. The molecule has 1 fully saturated rings. The number of aromatic amines is 1. The topological polar surface area (TPSA) is 68.7 Å². The van der Waals surface area contributed by atoms with E-state index in [9.17, 15) is 4.79 Å². The van der Waals surface area contributed by atoms with Crippen LogP contribution in [0, 0.1) is 11.3 Å². The summed E-state index contributed by atoms with van der Waals surface area (Å²) in [5, 5.41) is 12.3. The van der Waals surface area contributed by atoms with Crippen molar-refractivity contribution >= 4 is 12.4 Å². The fraction of sp³-hybridized carbons (Fsp3) is 0.455. The minimum absolute atomic E-state index is 0. The van der Waals surface area contributed by atoms with E-state index in [2.05, 4.69) is 10.3 Å². The van der Waals surface area contributed by atoms with Gasteiger partial charge in [-0.1, -0.05) is 0 Å². The minimum Gasteiger partial charge on any atom is -0.325 e. The zero-order valence-corrected chi connectivity index (χ0v) is 9.43. The zero-order valence-electron chi connectivity index (χ0n) is 8.62. The van der Waals surface area contributed by atoms with E-state index < -0.39 is 0 Å². The Morgan fingerprint density at radius 1 is 1.44 bits per heavy atom. The number of hydrogen-bond acceptors (Lipinski definition) is 3. The van der Waals surface area contributed by atoms with Gasteiger partial charge in [-0.3, -0.25) is 4.79 Å². The van der Waals surface area contributed by atoms with Gasteiger partial charge in [0, 0.05) is 24.2 Å². The lowest BCUT2D eigenvalue weighted by atomic mass is 9.99. The summed E-state index contributed by atoms with van der Waals surface area (Å²) in [5.74, 6) is 0. The normalized spacial score (nSPS) is 25.4. The number of hydrogen-bond donors (Lipinski definition) is 2. The molecule has 2 unspecified atom stereocenters. The van der Waals surface area contributed by atoms with Gasteiger partial charge in [-0.2, -0.15) is 5.26 Å². The van der Waals surface area contributed by atoms with Gasteiger partial charge in [0.2, 0.25) is 0 Å². The maximum absolute atomic E-state index is 11.5. The van der Waals surface area contributed by atoms with Crippen LogP contribution in [0.25, 0.3) is 0 Å². The largest absolute Gasteiger partial charge is 0.325 e. The first-order chi connectivity index (χ1) is 7.28. The van der Waals surface area contributed by atoms with E-state index in [0.717, 1.165) is 30.5 Å². The Bertz CT molecular complexity index is 517. The lowest BCUT2D eigenvalue weighted by Crippen LogP contribution is -2.34. The van der Waals surface area contributed by atoms with Gasteiger partial charge < -0.3 is 10.3 Å². The summed E-state index contributed by atoms with van der Waals surface area (Å²) in [7, 11) is 0. The number of H-pyrrole nitrogens is 1. The molecule has 84 valence electrons. The van der Waals surface area contributed by atoms with Crippen molar-refractivity contribution in [3.63, 3.8) is 0 Å². The number of rotatable bonds is 0. The zero-order chi connectivity index (χ0) is 10.4. The summed E-state index contributed by atoms with van der Waals surface area (Å²) in [6.07, 6.45) is 3.14. The summed E-state index contributed by atoms with van der Waals surface area (Å²) in [6.45, 7) is 0. The molecule has 16 heavy (non-hydrogen) atoms. The third-order valence-electron chi connectivity index (χ3n) is 3.34. The molecule has 3 rings (SSSR count). The number of pyridine rings is 1. The average molecular weight is 238 g/mol. The van der Waals surface area contributed by atoms with Crippen molar-refractivity contribution in [3.8, 4) is 6.07 Å². The van der Waals surface area contributed by atoms with Crippen LogP contribution in [0.3, 0.4) is 0 Å². The van der Waals surface area contributed by atoms with Crippen LogP contribution in [0.15, 0.2) is 10.9 Å². The number of nitriles is 1. The van der Waals surface area contributed by atoms with Crippen LogP contribution in [0.5, 0.6) is 0 Å². The highest BCUT2D eigenvalue weighted by molar-refractivity contribution is 5.85. The Balaban J connectivity index is 0.000000963. The van der Waals surface area contributed by atoms with Crippen LogP contribution >= 0.6 is 12.4 Å². The Morgan fingerprint density at radius 3 is 3.00 bits per heavy atom. The second-order valence-electron chi connectivity index (χ2n) is 4.26. The number of fused-ring (bicyclic) bond motifs is 4. The summed E-state index contributed by atoms with van der Waals surface area (Å²) >= 11 is 0. The number of aromatic nitrogens is 1. The van der Waals surface area contributed by atoms with Gasteiger partial charge >= 0.3 is 0 Å². The molecular formula is C11H12ClN3O. The molecule has 1 aromatic rings. The number of nitrogens with zero attached hydrogens (tertiary/aromatic N) is 1. The molecule has 2 N–H and O–H groups in total. The highest BCUT2D eigenvalue weighted by Gasteiger charge is 2.32. The van der Waals surface area contributed by atoms with E-state index in [4.69, 9.17) is 5.26 Å². The second kappa shape index (κ2) is 3.93. The molecule has 1 saturated heterocycles. The predicted molar refractivity (Wildman–Crippen MR) is 61.6 cm³/mol. The molecule has 0 radical (unpaired) electrons. The maximum Gasteiger partial charge on any atom is 0.266 e. The molecular weight excluding hydrogens is 226 g/mol. The standard InChI is InChI=1S/C11H11N3O.ClH/c12-5-6-3-8-9-2-1-7(13-9)4-10(8)14-11(6)15;/h3,7,9,13H,1-2,4H2,(H,14,15);1H. The van der Waals surface area contributed by atoms with Crippen LogP contribution in [0.4, 0.5) is 0 Å². The SMILES string of the molecule is Cl.N#Cc1cc2c([nH]c1=O)CC1CCC2N1. The smallest absolute Gasteiger partial charge is 0.266 e. The third kappa shape index (κ3) is 1.53. The number of nitrogens with one attached hydrogen (secondary N) is 2. The van der Waals surface area contributed by atoms with Crippen molar-refractivity contribution in [2.75, 3.05) is 0 Å². The Kier molecular flexibility index (Phi) is 2.75. The molecule has 4 nitrogen and oxygen atoms in total. The molecule has 2 atom stereocenters. The van der Waals surface area contributed by atoms with E-state index in [0.29, 0.717) is 12.1 Å². The van der Waals surface area contributed by atoms with E-state index in [1.165, 1.54) is 0 Å². The Labute approximate surface area is 99.1 Å². The van der Waals surface area contributed by atoms with Gasteiger partial charge in [0.05, 0.1) is 0 Å². The maximum atomic E-state index is 11.5. The van der Waals surface area contributed by atoms with Crippen molar-refractivity contribution in [1.82, 2.24) is 10.3 Å². The lowest BCUT2D eigenvalue weighted by molar-refractivity contribution is 0.505. The van der Waals surface area contributed by atoms with Gasteiger partial charge in [0.25, 0.3) is 5.56 Å². The molecule has 3 heterocycles. The quantitative estimate of drug-likeness (QED) is 0.708. The van der Waals surface area contributed by atoms with Crippen LogP contribution in [0.1, 0.15) is 35.7 Å². The first-order valence-corrected chi connectivity index (χ1v) is 5.20. The Hall–Kier alpha value is -1.31. The highest BCUT2D eigenvalue weighted by Crippen LogP contribution is 2.34. The van der Waals surface area contributed by atoms with Gasteiger partial charge in [-0.15, -0.1) is 12.4 Å². The molecule has 1 aromatic heterocycles. The second-order valence-corrected chi connectivity index (χ2v) is 4.26. The van der Waals surface area contributed by atoms with Crippen LogP contribution in [0.2, 0.25) is 0 Å². The van der Waals surface area contributed by atoms with Crippen LogP contribution < -0.4 is 10.9 Å². The third-order valence-corrected chi connectivity index (χ3v) is 3.34. The fourth-order valence-corrected chi connectivity index (χ4v) is 2.62. The monoisotopic (exact) mass is 237 g/mol.